The van der Waals surface area contributed by atoms with Gasteiger partial charge in [0.25, 0.3) is 5.56 Å². The molecule has 3 rings (SSSR count). The molecule has 5 nitrogen and oxygen atoms in total. The van der Waals surface area contributed by atoms with E-state index in [4.69, 9.17) is 11.6 Å². The Kier molecular flexibility index (Phi) is 3.45. The van der Waals surface area contributed by atoms with Crippen molar-refractivity contribution in [2.45, 2.75) is 20.3 Å². The standard InChI is InChI=1S/C16H16ClN3O2/c1-16(2)7-3-4-12(13(16)21)19-15-18-11-6-5-9(17)8-10(11)14(22)20-15/h3-6,8,21H,7H2,1-2H3,(H2,18,19,20,22). The molecule has 0 fully saturated rings. The molecule has 1 aromatic heterocycles. The number of aromatic amines is 1. The summed E-state index contributed by atoms with van der Waals surface area (Å²) in [5, 5.41) is 14.2. The molecule has 6 heteroatoms. The van der Waals surface area contributed by atoms with Crippen LogP contribution in [0.4, 0.5) is 5.95 Å². The predicted molar refractivity (Wildman–Crippen MR) is 88.2 cm³/mol. The van der Waals surface area contributed by atoms with Crippen molar-refractivity contribution in [1.29, 1.82) is 0 Å². The molecular formula is C16H16ClN3O2. The first kappa shape index (κ1) is 14.7. The Morgan fingerprint density at radius 3 is 2.95 bits per heavy atom. The summed E-state index contributed by atoms with van der Waals surface area (Å²) >= 11 is 5.89. The lowest BCUT2D eigenvalue weighted by Crippen LogP contribution is -2.22. The third-order valence-electron chi connectivity index (χ3n) is 3.73. The molecule has 0 radical (unpaired) electrons. The molecule has 1 aromatic carbocycles. The van der Waals surface area contributed by atoms with Crippen LogP contribution in [0.1, 0.15) is 20.3 Å². The maximum Gasteiger partial charge on any atom is 0.260 e. The van der Waals surface area contributed by atoms with Gasteiger partial charge in [-0.05, 0) is 30.7 Å². The highest BCUT2D eigenvalue weighted by atomic mass is 35.5. The lowest BCUT2D eigenvalue weighted by molar-refractivity contribution is 0.252. The van der Waals surface area contributed by atoms with Crippen LogP contribution < -0.4 is 10.9 Å². The molecule has 0 unspecified atom stereocenters. The van der Waals surface area contributed by atoms with Crippen molar-refractivity contribution in [3.63, 3.8) is 0 Å². The molecule has 0 amide bonds. The van der Waals surface area contributed by atoms with Gasteiger partial charge < -0.3 is 10.4 Å². The van der Waals surface area contributed by atoms with Gasteiger partial charge in [-0.25, -0.2) is 4.98 Å². The second-order valence-corrected chi connectivity index (χ2v) is 6.39. The molecule has 2 aromatic rings. The van der Waals surface area contributed by atoms with Gasteiger partial charge in [-0.2, -0.15) is 0 Å². The topological polar surface area (TPSA) is 78.0 Å². The molecule has 0 aliphatic heterocycles. The van der Waals surface area contributed by atoms with Crippen molar-refractivity contribution in [2.75, 3.05) is 5.32 Å². The summed E-state index contributed by atoms with van der Waals surface area (Å²) < 4.78 is 0. The number of nitrogens with zero attached hydrogens (tertiary/aromatic N) is 1. The fraction of sp³-hybridized carbons (Fsp3) is 0.250. The highest BCUT2D eigenvalue weighted by Crippen LogP contribution is 2.34. The number of fused-ring (bicyclic) bond motifs is 1. The molecule has 3 N–H and O–H groups in total. The fourth-order valence-corrected chi connectivity index (χ4v) is 2.58. The summed E-state index contributed by atoms with van der Waals surface area (Å²) in [5.41, 5.74) is 0.443. The van der Waals surface area contributed by atoms with Crippen LogP contribution in [-0.2, 0) is 0 Å². The number of halogens is 1. The van der Waals surface area contributed by atoms with E-state index in [1.165, 1.54) is 0 Å². The minimum Gasteiger partial charge on any atom is -0.510 e. The number of hydrogen-bond donors (Lipinski definition) is 3. The quantitative estimate of drug-likeness (QED) is 0.788. The Balaban J connectivity index is 2.04. The molecule has 1 aliphatic carbocycles. The molecular weight excluding hydrogens is 302 g/mol. The van der Waals surface area contributed by atoms with Crippen molar-refractivity contribution in [3.05, 3.63) is 57.2 Å². The Hall–Kier alpha value is -2.27. The van der Waals surface area contributed by atoms with E-state index in [0.29, 0.717) is 21.6 Å². The third-order valence-corrected chi connectivity index (χ3v) is 3.96. The number of hydrogen-bond acceptors (Lipinski definition) is 4. The van der Waals surface area contributed by atoms with Crippen LogP contribution in [0.2, 0.25) is 5.02 Å². The van der Waals surface area contributed by atoms with Gasteiger partial charge in [0.2, 0.25) is 5.95 Å². The maximum absolute atomic E-state index is 12.1. The van der Waals surface area contributed by atoms with Crippen LogP contribution >= 0.6 is 11.6 Å². The first-order valence-corrected chi connectivity index (χ1v) is 7.31. The zero-order valence-electron chi connectivity index (χ0n) is 12.3. The van der Waals surface area contributed by atoms with Crippen molar-refractivity contribution >= 4 is 28.5 Å². The lowest BCUT2D eigenvalue weighted by atomic mass is 9.83. The number of allylic oxidation sites excluding steroid dienone is 3. The van der Waals surface area contributed by atoms with E-state index < -0.39 is 0 Å². The Bertz CT molecular complexity index is 865. The van der Waals surface area contributed by atoms with Crippen molar-refractivity contribution in [3.8, 4) is 0 Å². The molecule has 114 valence electrons. The SMILES string of the molecule is CC1(C)CC=CC(Nc2nc3ccc(Cl)cc3c(=O)[nH]2)=C1O. The largest absolute Gasteiger partial charge is 0.510 e. The van der Waals surface area contributed by atoms with E-state index in [-0.39, 0.29) is 22.7 Å². The number of aliphatic hydroxyl groups excluding tert-OH is 1. The predicted octanol–water partition coefficient (Wildman–Crippen LogP) is 3.74. The monoisotopic (exact) mass is 317 g/mol. The van der Waals surface area contributed by atoms with Gasteiger partial charge in [-0.3, -0.25) is 9.78 Å². The van der Waals surface area contributed by atoms with Crippen LogP contribution in [0.15, 0.2) is 46.6 Å². The average molecular weight is 318 g/mol. The number of anilines is 1. The summed E-state index contributed by atoms with van der Waals surface area (Å²) in [6.45, 7) is 3.90. The molecule has 0 saturated heterocycles. The fourth-order valence-electron chi connectivity index (χ4n) is 2.41. The normalized spacial score (nSPS) is 17.0. The number of aromatic nitrogens is 2. The number of benzene rings is 1. The van der Waals surface area contributed by atoms with Gasteiger partial charge >= 0.3 is 0 Å². The van der Waals surface area contributed by atoms with Crippen molar-refractivity contribution < 1.29 is 5.11 Å². The van der Waals surface area contributed by atoms with Crippen LogP contribution in [0.25, 0.3) is 10.9 Å². The summed E-state index contributed by atoms with van der Waals surface area (Å²) in [4.78, 5) is 19.1. The number of H-pyrrole nitrogens is 1. The molecule has 0 bridgehead atoms. The maximum atomic E-state index is 12.1. The Morgan fingerprint density at radius 2 is 2.18 bits per heavy atom. The van der Waals surface area contributed by atoms with Crippen LogP contribution in [-0.4, -0.2) is 15.1 Å². The molecule has 22 heavy (non-hydrogen) atoms. The third kappa shape index (κ3) is 2.60. The van der Waals surface area contributed by atoms with E-state index in [2.05, 4.69) is 15.3 Å². The second kappa shape index (κ2) is 5.18. The first-order chi connectivity index (χ1) is 10.4. The van der Waals surface area contributed by atoms with E-state index >= 15 is 0 Å². The number of nitrogens with one attached hydrogen (secondary N) is 2. The minimum atomic E-state index is -0.345. The van der Waals surface area contributed by atoms with Gasteiger partial charge in [-0.1, -0.05) is 31.5 Å². The van der Waals surface area contributed by atoms with Crippen molar-refractivity contribution in [2.24, 2.45) is 5.41 Å². The van der Waals surface area contributed by atoms with Crippen LogP contribution in [0.3, 0.4) is 0 Å². The molecule has 0 saturated carbocycles. The van der Waals surface area contributed by atoms with Crippen LogP contribution in [0.5, 0.6) is 0 Å². The van der Waals surface area contributed by atoms with Gasteiger partial charge in [-0.15, -0.1) is 0 Å². The van der Waals surface area contributed by atoms with E-state index in [0.717, 1.165) is 6.42 Å². The summed E-state index contributed by atoms with van der Waals surface area (Å²) in [5.74, 6) is 0.526. The lowest BCUT2D eigenvalue weighted by Gasteiger charge is -2.27. The van der Waals surface area contributed by atoms with E-state index in [1.807, 2.05) is 19.9 Å². The Labute approximate surface area is 132 Å². The zero-order chi connectivity index (χ0) is 15.9. The second-order valence-electron chi connectivity index (χ2n) is 5.95. The summed E-state index contributed by atoms with van der Waals surface area (Å²) in [6.07, 6.45) is 4.51. The zero-order valence-corrected chi connectivity index (χ0v) is 13.0. The minimum absolute atomic E-state index is 0.244. The summed E-state index contributed by atoms with van der Waals surface area (Å²) in [7, 11) is 0. The van der Waals surface area contributed by atoms with Crippen molar-refractivity contribution in [1.82, 2.24) is 9.97 Å². The van der Waals surface area contributed by atoms with Gasteiger partial charge in [0.15, 0.2) is 0 Å². The summed E-state index contributed by atoms with van der Waals surface area (Å²) in [6, 6.07) is 4.94. The molecule has 1 heterocycles. The molecule has 0 atom stereocenters. The smallest absolute Gasteiger partial charge is 0.260 e. The van der Waals surface area contributed by atoms with E-state index in [9.17, 15) is 9.90 Å². The molecule has 0 spiro atoms. The Morgan fingerprint density at radius 1 is 1.41 bits per heavy atom. The van der Waals surface area contributed by atoms with Gasteiger partial charge in [0.1, 0.15) is 5.76 Å². The number of aliphatic hydroxyl groups is 1. The highest BCUT2D eigenvalue weighted by Gasteiger charge is 2.27. The van der Waals surface area contributed by atoms with Crippen LogP contribution in [0, 0.1) is 5.41 Å². The average Bonchev–Trinajstić information content (AvgIpc) is 2.45. The molecule has 1 aliphatic rings. The first-order valence-electron chi connectivity index (χ1n) is 6.94. The van der Waals surface area contributed by atoms with Gasteiger partial charge in [0, 0.05) is 10.4 Å². The highest BCUT2D eigenvalue weighted by molar-refractivity contribution is 6.31. The number of rotatable bonds is 2. The van der Waals surface area contributed by atoms with Gasteiger partial charge in [0.05, 0.1) is 16.6 Å². The van der Waals surface area contributed by atoms with E-state index in [1.54, 1.807) is 24.3 Å².